The predicted molar refractivity (Wildman–Crippen MR) is 74.3 cm³/mol. The summed E-state index contributed by atoms with van der Waals surface area (Å²) >= 11 is 0. The highest BCUT2D eigenvalue weighted by Gasteiger charge is 2.30. The maximum atomic E-state index is 12.1. The Morgan fingerprint density at radius 3 is 2.90 bits per heavy atom. The van der Waals surface area contributed by atoms with E-state index in [0.717, 1.165) is 31.5 Å². The summed E-state index contributed by atoms with van der Waals surface area (Å²) in [7, 11) is 0. The normalized spacial score (nSPS) is 22.6. The molecular formula is C15H21N3O2. The predicted octanol–water partition coefficient (Wildman–Crippen LogP) is 1.95. The molecule has 1 aliphatic heterocycles. The standard InChI is InChI=1S/C15H21N3O2/c1-11-4-7-14(17-16-11)20-13-3-2-8-18(10-13)15(19)9-12-5-6-12/h4,7,12-13H,2-3,5-6,8-10H2,1H3. The number of aryl methyl sites for hydroxylation is 1. The molecule has 1 saturated carbocycles. The second-order valence-electron chi connectivity index (χ2n) is 5.88. The lowest BCUT2D eigenvalue weighted by Crippen LogP contribution is -2.44. The Morgan fingerprint density at radius 2 is 2.20 bits per heavy atom. The zero-order chi connectivity index (χ0) is 13.9. The third-order valence-electron chi connectivity index (χ3n) is 3.95. The van der Waals surface area contributed by atoms with Gasteiger partial charge in [-0.2, -0.15) is 5.10 Å². The quantitative estimate of drug-likeness (QED) is 0.843. The number of piperidine rings is 1. The zero-order valence-electron chi connectivity index (χ0n) is 11.9. The molecule has 0 bridgehead atoms. The maximum absolute atomic E-state index is 12.1. The summed E-state index contributed by atoms with van der Waals surface area (Å²) in [6.45, 7) is 3.45. The van der Waals surface area contributed by atoms with E-state index < -0.39 is 0 Å². The number of hydrogen-bond acceptors (Lipinski definition) is 4. The van der Waals surface area contributed by atoms with Gasteiger partial charge in [-0.25, -0.2) is 0 Å². The fourth-order valence-electron chi connectivity index (χ4n) is 2.58. The second-order valence-corrected chi connectivity index (χ2v) is 5.88. The molecule has 0 radical (unpaired) electrons. The van der Waals surface area contributed by atoms with Crippen LogP contribution in [0.2, 0.25) is 0 Å². The summed E-state index contributed by atoms with van der Waals surface area (Å²) in [5.41, 5.74) is 0.877. The van der Waals surface area contributed by atoms with Crippen molar-refractivity contribution in [2.24, 2.45) is 5.92 Å². The summed E-state index contributed by atoms with van der Waals surface area (Å²) in [5.74, 6) is 1.49. The lowest BCUT2D eigenvalue weighted by atomic mass is 10.1. The van der Waals surface area contributed by atoms with Gasteiger partial charge >= 0.3 is 0 Å². The van der Waals surface area contributed by atoms with E-state index in [9.17, 15) is 4.79 Å². The van der Waals surface area contributed by atoms with Crippen molar-refractivity contribution < 1.29 is 9.53 Å². The van der Waals surface area contributed by atoms with Crippen molar-refractivity contribution in [1.29, 1.82) is 0 Å². The third-order valence-corrected chi connectivity index (χ3v) is 3.95. The first-order valence-electron chi connectivity index (χ1n) is 7.45. The molecule has 1 amide bonds. The third kappa shape index (κ3) is 3.46. The molecule has 5 nitrogen and oxygen atoms in total. The van der Waals surface area contributed by atoms with Crippen LogP contribution in [0.5, 0.6) is 5.88 Å². The van der Waals surface area contributed by atoms with Crippen molar-refractivity contribution in [3.05, 3.63) is 17.8 Å². The van der Waals surface area contributed by atoms with E-state index in [1.807, 2.05) is 24.0 Å². The first-order chi connectivity index (χ1) is 9.70. The molecule has 108 valence electrons. The molecule has 2 heterocycles. The number of nitrogens with zero attached hydrogens (tertiary/aromatic N) is 3. The van der Waals surface area contributed by atoms with Gasteiger partial charge in [0.25, 0.3) is 0 Å². The molecule has 1 aliphatic carbocycles. The van der Waals surface area contributed by atoms with E-state index >= 15 is 0 Å². The van der Waals surface area contributed by atoms with Crippen LogP contribution in [0.1, 0.15) is 37.8 Å². The van der Waals surface area contributed by atoms with Gasteiger partial charge in [-0.15, -0.1) is 5.10 Å². The summed E-state index contributed by atoms with van der Waals surface area (Å²) < 4.78 is 5.84. The minimum absolute atomic E-state index is 0.0453. The van der Waals surface area contributed by atoms with Crippen LogP contribution in [0.15, 0.2) is 12.1 Å². The molecule has 1 aromatic heterocycles. The Bertz CT molecular complexity index is 471. The van der Waals surface area contributed by atoms with E-state index in [4.69, 9.17) is 4.74 Å². The first kappa shape index (κ1) is 13.3. The number of carbonyl (C=O) groups is 1. The van der Waals surface area contributed by atoms with Gasteiger partial charge in [0, 0.05) is 19.0 Å². The summed E-state index contributed by atoms with van der Waals surface area (Å²) in [4.78, 5) is 14.1. The average molecular weight is 275 g/mol. The number of hydrogen-bond donors (Lipinski definition) is 0. The molecule has 0 N–H and O–H groups in total. The highest BCUT2D eigenvalue weighted by molar-refractivity contribution is 5.76. The van der Waals surface area contributed by atoms with Crippen molar-refractivity contribution in [3.8, 4) is 5.88 Å². The molecule has 3 rings (SSSR count). The van der Waals surface area contributed by atoms with Crippen molar-refractivity contribution in [3.63, 3.8) is 0 Å². The first-order valence-corrected chi connectivity index (χ1v) is 7.45. The second kappa shape index (κ2) is 5.77. The SMILES string of the molecule is Cc1ccc(OC2CCCN(C(=O)CC3CC3)C2)nn1. The van der Waals surface area contributed by atoms with E-state index in [0.29, 0.717) is 18.3 Å². The Morgan fingerprint density at radius 1 is 1.35 bits per heavy atom. The zero-order valence-corrected chi connectivity index (χ0v) is 11.9. The van der Waals surface area contributed by atoms with Crippen molar-refractivity contribution in [1.82, 2.24) is 15.1 Å². The van der Waals surface area contributed by atoms with Gasteiger partial charge in [0.1, 0.15) is 6.10 Å². The molecule has 0 spiro atoms. The lowest BCUT2D eigenvalue weighted by Gasteiger charge is -2.32. The highest BCUT2D eigenvalue weighted by atomic mass is 16.5. The molecule has 1 saturated heterocycles. The van der Waals surface area contributed by atoms with E-state index in [1.54, 1.807) is 0 Å². The van der Waals surface area contributed by atoms with E-state index in [1.165, 1.54) is 12.8 Å². The molecule has 1 aromatic rings. The smallest absolute Gasteiger partial charge is 0.233 e. The van der Waals surface area contributed by atoms with Crippen LogP contribution in [-0.4, -0.2) is 40.2 Å². The number of likely N-dealkylation sites (tertiary alicyclic amines) is 1. The fourth-order valence-corrected chi connectivity index (χ4v) is 2.58. The van der Waals surface area contributed by atoms with Gasteiger partial charge in [-0.3, -0.25) is 4.79 Å². The van der Waals surface area contributed by atoms with Gasteiger partial charge in [-0.05, 0) is 44.6 Å². The Hall–Kier alpha value is -1.65. The molecule has 1 unspecified atom stereocenters. The maximum Gasteiger partial charge on any atom is 0.233 e. The molecule has 5 heteroatoms. The van der Waals surface area contributed by atoms with Gasteiger partial charge in [0.2, 0.25) is 11.8 Å². The average Bonchev–Trinajstić information content (AvgIpc) is 3.26. The Labute approximate surface area is 119 Å². The van der Waals surface area contributed by atoms with E-state index in [-0.39, 0.29) is 12.0 Å². The molecule has 20 heavy (non-hydrogen) atoms. The minimum atomic E-state index is 0.0453. The van der Waals surface area contributed by atoms with Gasteiger partial charge < -0.3 is 9.64 Å². The number of aromatic nitrogens is 2. The monoisotopic (exact) mass is 275 g/mol. The summed E-state index contributed by atoms with van der Waals surface area (Å²) in [6, 6.07) is 3.73. The number of carbonyl (C=O) groups excluding carboxylic acids is 1. The topological polar surface area (TPSA) is 55.3 Å². The molecular weight excluding hydrogens is 254 g/mol. The Balaban J connectivity index is 1.54. The van der Waals surface area contributed by atoms with Crippen LogP contribution >= 0.6 is 0 Å². The van der Waals surface area contributed by atoms with Crippen LogP contribution in [0.25, 0.3) is 0 Å². The van der Waals surface area contributed by atoms with Crippen LogP contribution in [0, 0.1) is 12.8 Å². The van der Waals surface area contributed by atoms with Crippen LogP contribution < -0.4 is 4.74 Å². The van der Waals surface area contributed by atoms with E-state index in [2.05, 4.69) is 10.2 Å². The Kier molecular flexibility index (Phi) is 3.85. The fraction of sp³-hybridized carbons (Fsp3) is 0.667. The van der Waals surface area contributed by atoms with Crippen LogP contribution in [0.3, 0.4) is 0 Å². The molecule has 1 atom stereocenters. The minimum Gasteiger partial charge on any atom is -0.471 e. The molecule has 0 aromatic carbocycles. The number of amides is 1. The van der Waals surface area contributed by atoms with Crippen molar-refractivity contribution in [2.75, 3.05) is 13.1 Å². The van der Waals surface area contributed by atoms with Crippen molar-refractivity contribution in [2.45, 2.75) is 45.1 Å². The highest BCUT2D eigenvalue weighted by Crippen LogP contribution is 2.33. The lowest BCUT2D eigenvalue weighted by molar-refractivity contribution is -0.134. The molecule has 2 aliphatic rings. The van der Waals surface area contributed by atoms with Crippen LogP contribution in [-0.2, 0) is 4.79 Å². The summed E-state index contributed by atoms with van der Waals surface area (Å²) in [6.07, 6.45) is 5.18. The van der Waals surface area contributed by atoms with Crippen LogP contribution in [0.4, 0.5) is 0 Å². The largest absolute Gasteiger partial charge is 0.471 e. The number of ether oxygens (including phenoxy) is 1. The summed E-state index contributed by atoms with van der Waals surface area (Å²) in [5, 5.41) is 8.02. The van der Waals surface area contributed by atoms with Crippen molar-refractivity contribution >= 4 is 5.91 Å². The van der Waals surface area contributed by atoms with Gasteiger partial charge in [0.05, 0.1) is 12.2 Å². The number of rotatable bonds is 4. The van der Waals surface area contributed by atoms with Gasteiger partial charge in [-0.1, -0.05) is 0 Å². The molecule has 2 fully saturated rings. The van der Waals surface area contributed by atoms with Gasteiger partial charge in [0.15, 0.2) is 0 Å².